The Bertz CT molecular complexity index is 182. The minimum Gasteiger partial charge on any atom is -0.461 e. The molecule has 0 saturated heterocycles. The van der Waals surface area contributed by atoms with Crippen LogP contribution in [0.2, 0.25) is 0 Å². The third kappa shape index (κ3) is 4.20. The van der Waals surface area contributed by atoms with Crippen LogP contribution in [0.25, 0.3) is 0 Å². The quantitative estimate of drug-likeness (QED) is 0.575. The Balaban J connectivity index is 2.34. The number of likely N-dealkylation sites (N-methyl/N-ethyl adjacent to an activating group) is 1. The maximum absolute atomic E-state index is 11.7. The smallest absolute Gasteiger partial charge is 0.323 e. The molecule has 0 bridgehead atoms. The fourth-order valence-electron chi connectivity index (χ4n) is 2.09. The Labute approximate surface area is 92.6 Å². The van der Waals surface area contributed by atoms with E-state index in [1.54, 1.807) is 0 Å². The molecule has 0 aromatic heterocycles. The van der Waals surface area contributed by atoms with E-state index < -0.39 is 0 Å². The van der Waals surface area contributed by atoms with Crippen molar-refractivity contribution in [3.63, 3.8) is 0 Å². The van der Waals surface area contributed by atoms with E-state index in [0.717, 1.165) is 19.3 Å². The summed E-state index contributed by atoms with van der Waals surface area (Å²) in [5.74, 6) is -0.0769. The summed E-state index contributed by atoms with van der Waals surface area (Å²) >= 11 is 0. The van der Waals surface area contributed by atoms with Crippen molar-refractivity contribution < 1.29 is 9.53 Å². The van der Waals surface area contributed by atoms with Gasteiger partial charge >= 0.3 is 5.97 Å². The van der Waals surface area contributed by atoms with Gasteiger partial charge in [0.2, 0.25) is 0 Å². The van der Waals surface area contributed by atoms with Crippen LogP contribution >= 0.6 is 0 Å². The van der Waals surface area contributed by atoms with Crippen LogP contribution in [0.4, 0.5) is 0 Å². The van der Waals surface area contributed by atoms with Crippen LogP contribution in [0.15, 0.2) is 0 Å². The first-order valence-electron chi connectivity index (χ1n) is 6.15. The molecule has 1 unspecified atom stereocenters. The lowest BCUT2D eigenvalue weighted by molar-refractivity contribution is -0.152. The molecular formula is C12H23NO2. The number of hydrogen-bond donors (Lipinski definition) is 1. The highest BCUT2D eigenvalue weighted by Gasteiger charge is 2.21. The molecule has 15 heavy (non-hydrogen) atoms. The molecule has 1 aliphatic rings. The van der Waals surface area contributed by atoms with Gasteiger partial charge in [-0.2, -0.15) is 0 Å². The van der Waals surface area contributed by atoms with E-state index >= 15 is 0 Å². The van der Waals surface area contributed by atoms with Crippen molar-refractivity contribution in [2.24, 2.45) is 0 Å². The molecule has 1 N–H and O–H groups in total. The number of esters is 1. The lowest BCUT2D eigenvalue weighted by Crippen LogP contribution is -2.37. The van der Waals surface area contributed by atoms with Crippen molar-refractivity contribution in [2.75, 3.05) is 7.05 Å². The first-order valence-corrected chi connectivity index (χ1v) is 6.15. The summed E-state index contributed by atoms with van der Waals surface area (Å²) in [6.07, 6.45) is 8.04. The predicted molar refractivity (Wildman–Crippen MR) is 60.7 cm³/mol. The first-order chi connectivity index (χ1) is 7.27. The molecule has 1 atom stereocenters. The summed E-state index contributed by atoms with van der Waals surface area (Å²) in [4.78, 5) is 11.7. The maximum atomic E-state index is 11.7. The Hall–Kier alpha value is -0.570. The Morgan fingerprint density at radius 1 is 1.33 bits per heavy atom. The van der Waals surface area contributed by atoms with Gasteiger partial charge in [-0.15, -0.1) is 0 Å². The second-order valence-electron chi connectivity index (χ2n) is 4.30. The number of rotatable bonds is 4. The molecule has 0 aromatic rings. The van der Waals surface area contributed by atoms with E-state index in [1.807, 2.05) is 14.0 Å². The summed E-state index contributed by atoms with van der Waals surface area (Å²) in [7, 11) is 1.81. The molecule has 88 valence electrons. The van der Waals surface area contributed by atoms with Gasteiger partial charge in [0.1, 0.15) is 12.1 Å². The fraction of sp³-hybridized carbons (Fsp3) is 0.917. The summed E-state index contributed by atoms with van der Waals surface area (Å²) in [6.45, 7) is 2.00. The van der Waals surface area contributed by atoms with Crippen molar-refractivity contribution in [3.05, 3.63) is 0 Å². The zero-order valence-corrected chi connectivity index (χ0v) is 9.92. The molecule has 1 fully saturated rings. The molecule has 3 nitrogen and oxygen atoms in total. The van der Waals surface area contributed by atoms with Crippen LogP contribution in [0.3, 0.4) is 0 Å². The van der Waals surface area contributed by atoms with Crippen molar-refractivity contribution in [1.82, 2.24) is 5.32 Å². The number of nitrogens with one attached hydrogen (secondary N) is 1. The summed E-state index contributed by atoms with van der Waals surface area (Å²) < 4.78 is 5.51. The largest absolute Gasteiger partial charge is 0.461 e. The molecule has 3 heteroatoms. The highest BCUT2D eigenvalue weighted by molar-refractivity contribution is 5.75. The van der Waals surface area contributed by atoms with Crippen LogP contribution in [0, 0.1) is 0 Å². The van der Waals surface area contributed by atoms with Gasteiger partial charge in [0, 0.05) is 0 Å². The van der Waals surface area contributed by atoms with E-state index in [1.165, 1.54) is 25.7 Å². The summed E-state index contributed by atoms with van der Waals surface area (Å²) in [5.41, 5.74) is 0. The van der Waals surface area contributed by atoms with Crippen LogP contribution in [-0.2, 0) is 9.53 Å². The fourth-order valence-corrected chi connectivity index (χ4v) is 2.09. The third-order valence-electron chi connectivity index (χ3n) is 3.13. The number of ether oxygens (including phenoxy) is 1. The van der Waals surface area contributed by atoms with Crippen molar-refractivity contribution in [1.29, 1.82) is 0 Å². The average Bonchev–Trinajstić information content (AvgIpc) is 2.48. The Morgan fingerprint density at radius 3 is 2.40 bits per heavy atom. The van der Waals surface area contributed by atoms with Crippen molar-refractivity contribution in [2.45, 2.75) is 64.0 Å². The van der Waals surface area contributed by atoms with Crippen molar-refractivity contribution in [3.8, 4) is 0 Å². The minimum atomic E-state index is -0.131. The number of carbonyl (C=O) groups excluding carboxylic acids is 1. The van der Waals surface area contributed by atoms with Gasteiger partial charge in [0.25, 0.3) is 0 Å². The van der Waals surface area contributed by atoms with Crippen LogP contribution < -0.4 is 5.32 Å². The highest BCUT2D eigenvalue weighted by Crippen LogP contribution is 2.20. The van der Waals surface area contributed by atoms with Crippen LogP contribution in [0.1, 0.15) is 51.9 Å². The Kier molecular flexibility index (Phi) is 5.69. The zero-order valence-electron chi connectivity index (χ0n) is 9.92. The second-order valence-corrected chi connectivity index (χ2v) is 4.30. The van der Waals surface area contributed by atoms with Gasteiger partial charge in [-0.25, -0.2) is 0 Å². The molecule has 1 saturated carbocycles. The van der Waals surface area contributed by atoms with Gasteiger partial charge in [-0.1, -0.05) is 19.8 Å². The molecule has 1 aliphatic carbocycles. The van der Waals surface area contributed by atoms with E-state index in [-0.39, 0.29) is 18.1 Å². The third-order valence-corrected chi connectivity index (χ3v) is 3.13. The average molecular weight is 213 g/mol. The van der Waals surface area contributed by atoms with Gasteiger partial charge in [0.15, 0.2) is 0 Å². The standard InChI is InChI=1S/C12H23NO2/c1-3-11(13-2)12(14)15-10-8-6-4-5-7-9-10/h10-11,13H,3-9H2,1-2H3. The molecule has 1 rings (SSSR count). The number of carbonyl (C=O) groups is 1. The maximum Gasteiger partial charge on any atom is 0.323 e. The molecule has 0 radical (unpaired) electrons. The monoisotopic (exact) mass is 213 g/mol. The van der Waals surface area contributed by atoms with E-state index in [4.69, 9.17) is 4.74 Å². The summed E-state index contributed by atoms with van der Waals surface area (Å²) in [6, 6.07) is -0.131. The van der Waals surface area contributed by atoms with Gasteiger partial charge in [-0.05, 0) is 39.2 Å². The molecule has 0 amide bonds. The lowest BCUT2D eigenvalue weighted by atomic mass is 10.1. The zero-order chi connectivity index (χ0) is 11.1. The van der Waals surface area contributed by atoms with Gasteiger partial charge < -0.3 is 10.1 Å². The normalized spacial score (nSPS) is 20.7. The van der Waals surface area contributed by atoms with E-state index in [9.17, 15) is 4.79 Å². The lowest BCUT2D eigenvalue weighted by Gasteiger charge is -2.19. The van der Waals surface area contributed by atoms with Crippen LogP contribution in [-0.4, -0.2) is 25.2 Å². The molecule has 0 heterocycles. The molecule has 0 aromatic carbocycles. The van der Waals surface area contributed by atoms with Gasteiger partial charge in [0.05, 0.1) is 0 Å². The number of hydrogen-bond acceptors (Lipinski definition) is 3. The second kappa shape index (κ2) is 6.83. The minimum absolute atomic E-state index is 0.0769. The Morgan fingerprint density at radius 2 is 1.93 bits per heavy atom. The predicted octanol–water partition coefficient (Wildman–Crippen LogP) is 2.25. The summed E-state index contributed by atoms with van der Waals surface area (Å²) in [5, 5.41) is 2.98. The molecule has 0 aliphatic heterocycles. The van der Waals surface area contributed by atoms with Crippen LogP contribution in [0.5, 0.6) is 0 Å². The van der Waals surface area contributed by atoms with E-state index in [2.05, 4.69) is 5.32 Å². The molecule has 0 spiro atoms. The first kappa shape index (κ1) is 12.5. The topological polar surface area (TPSA) is 38.3 Å². The van der Waals surface area contributed by atoms with Crippen molar-refractivity contribution >= 4 is 5.97 Å². The van der Waals surface area contributed by atoms with E-state index in [0.29, 0.717) is 0 Å². The highest BCUT2D eigenvalue weighted by atomic mass is 16.5. The molecular weight excluding hydrogens is 190 g/mol. The SMILES string of the molecule is CCC(NC)C(=O)OC1CCCCCC1. The van der Waals surface area contributed by atoms with Gasteiger partial charge in [-0.3, -0.25) is 4.79 Å².